The van der Waals surface area contributed by atoms with Gasteiger partial charge in [0.15, 0.2) is 5.69 Å². The number of carbonyl (C=O) groups is 1. The maximum absolute atomic E-state index is 14.5. The number of alkyl halides is 5. The zero-order chi connectivity index (χ0) is 26.7. The van der Waals surface area contributed by atoms with Gasteiger partial charge in [0, 0.05) is 37.5 Å². The van der Waals surface area contributed by atoms with Gasteiger partial charge in [-0.15, -0.1) is 0 Å². The number of piperidine rings is 1. The van der Waals surface area contributed by atoms with Crippen molar-refractivity contribution in [2.75, 3.05) is 25.5 Å². The van der Waals surface area contributed by atoms with Crippen LogP contribution < -0.4 is 11.1 Å². The van der Waals surface area contributed by atoms with E-state index < -0.39 is 48.6 Å². The van der Waals surface area contributed by atoms with Gasteiger partial charge in [0.1, 0.15) is 11.5 Å². The maximum atomic E-state index is 14.5. The highest BCUT2D eigenvalue weighted by Crippen LogP contribution is 2.35. The van der Waals surface area contributed by atoms with E-state index in [1.54, 1.807) is 32.0 Å². The molecule has 8 nitrogen and oxygen atoms in total. The van der Waals surface area contributed by atoms with E-state index >= 15 is 0 Å². The first kappa shape index (κ1) is 27.0. The van der Waals surface area contributed by atoms with Crippen LogP contribution in [0, 0.1) is 12.8 Å². The molecule has 1 amide bonds. The number of hydrogen-bond acceptors (Lipinski definition) is 7. The standard InChI is InChI=1S/C23H26F5N7O/c1-13-7-22(24,25)12-35(17(13)9-32-19-11-31-18(10-33-19)23(26,27)28)21(36)20(29)15(8-30-3)16-6-4-5-14(2)34-16/h4-6,8,10-11,13,17H,7,9,12,29H2,1-3H3,(H,32,33). The second-order valence-corrected chi connectivity index (χ2v) is 8.58. The summed E-state index contributed by atoms with van der Waals surface area (Å²) in [5, 5.41) is 2.79. The minimum Gasteiger partial charge on any atom is -0.394 e. The van der Waals surface area contributed by atoms with Gasteiger partial charge in [-0.25, -0.2) is 18.7 Å². The maximum Gasteiger partial charge on any atom is 0.434 e. The predicted molar refractivity (Wildman–Crippen MR) is 124 cm³/mol. The number of rotatable bonds is 6. The number of amides is 1. The van der Waals surface area contributed by atoms with E-state index in [1.807, 2.05) is 0 Å². The van der Waals surface area contributed by atoms with E-state index in [2.05, 4.69) is 25.3 Å². The molecule has 2 aromatic rings. The zero-order valence-electron chi connectivity index (χ0n) is 19.9. The van der Waals surface area contributed by atoms with Crippen molar-refractivity contribution in [3.63, 3.8) is 0 Å². The molecule has 0 spiro atoms. The van der Waals surface area contributed by atoms with Crippen molar-refractivity contribution in [1.82, 2.24) is 19.9 Å². The molecular formula is C23H26F5N7O. The average Bonchev–Trinajstić information content (AvgIpc) is 2.80. The smallest absolute Gasteiger partial charge is 0.394 e. The van der Waals surface area contributed by atoms with Gasteiger partial charge in [0.05, 0.1) is 30.7 Å². The molecule has 2 unspecified atom stereocenters. The summed E-state index contributed by atoms with van der Waals surface area (Å²) in [6.45, 7) is 2.38. The van der Waals surface area contributed by atoms with Crippen LogP contribution in [-0.4, -0.2) is 64.1 Å². The number of carbonyl (C=O) groups excluding carboxylic acids is 1. The number of likely N-dealkylation sites (tertiary alicyclic amines) is 1. The Kier molecular flexibility index (Phi) is 7.89. The monoisotopic (exact) mass is 511 g/mol. The minimum atomic E-state index is -4.65. The number of nitrogens with one attached hydrogen (secondary N) is 1. The van der Waals surface area contributed by atoms with Crippen LogP contribution >= 0.6 is 0 Å². The molecule has 13 heteroatoms. The largest absolute Gasteiger partial charge is 0.434 e. The number of allylic oxidation sites excluding steroid dienone is 1. The molecule has 3 N–H and O–H groups in total. The van der Waals surface area contributed by atoms with Gasteiger partial charge in [-0.1, -0.05) is 13.0 Å². The Balaban J connectivity index is 1.90. The van der Waals surface area contributed by atoms with Crippen molar-refractivity contribution >= 4 is 23.5 Å². The summed E-state index contributed by atoms with van der Waals surface area (Å²) in [5.74, 6) is -4.64. The summed E-state index contributed by atoms with van der Waals surface area (Å²) < 4.78 is 67.2. The second kappa shape index (κ2) is 10.5. The van der Waals surface area contributed by atoms with Crippen LogP contribution in [0.2, 0.25) is 0 Å². The van der Waals surface area contributed by atoms with Gasteiger partial charge in [0.25, 0.3) is 11.8 Å². The summed E-state index contributed by atoms with van der Waals surface area (Å²) in [6, 6.07) is 4.33. The second-order valence-electron chi connectivity index (χ2n) is 8.58. The Morgan fingerprint density at radius 2 is 2.03 bits per heavy atom. The third kappa shape index (κ3) is 6.32. The molecule has 0 saturated carbocycles. The molecular weight excluding hydrogens is 485 g/mol. The number of anilines is 1. The normalized spacial score (nSPS) is 20.8. The Labute approximate surface area is 204 Å². The molecule has 3 rings (SSSR count). The van der Waals surface area contributed by atoms with E-state index in [1.165, 1.54) is 13.3 Å². The fraction of sp³-hybridized carbons (Fsp3) is 0.435. The Hall–Kier alpha value is -3.64. The lowest BCUT2D eigenvalue weighted by Crippen LogP contribution is -2.58. The molecule has 3 heterocycles. The summed E-state index contributed by atoms with van der Waals surface area (Å²) in [4.78, 5) is 29.7. The Morgan fingerprint density at radius 1 is 1.31 bits per heavy atom. The highest BCUT2D eigenvalue weighted by atomic mass is 19.4. The third-order valence-electron chi connectivity index (χ3n) is 5.72. The van der Waals surface area contributed by atoms with Gasteiger partial charge in [0.2, 0.25) is 0 Å². The topological polar surface area (TPSA) is 109 Å². The van der Waals surface area contributed by atoms with Crippen molar-refractivity contribution in [1.29, 1.82) is 0 Å². The van der Waals surface area contributed by atoms with E-state index in [-0.39, 0.29) is 23.6 Å². The number of halogens is 5. The fourth-order valence-corrected chi connectivity index (χ4v) is 4.02. The number of nitrogens with two attached hydrogens (primary N) is 1. The highest BCUT2D eigenvalue weighted by Gasteiger charge is 2.46. The number of aliphatic imine (C=N–C) groups is 1. The van der Waals surface area contributed by atoms with Gasteiger partial charge in [-0.05, 0) is 25.0 Å². The summed E-state index contributed by atoms with van der Waals surface area (Å²) in [6.07, 6.45) is -2.33. The number of pyridine rings is 1. The van der Waals surface area contributed by atoms with Crippen molar-refractivity contribution in [2.24, 2.45) is 16.6 Å². The third-order valence-corrected chi connectivity index (χ3v) is 5.72. The van der Waals surface area contributed by atoms with Gasteiger partial charge < -0.3 is 16.0 Å². The van der Waals surface area contributed by atoms with Crippen molar-refractivity contribution in [2.45, 2.75) is 38.4 Å². The molecule has 0 aliphatic carbocycles. The molecule has 1 aliphatic rings. The molecule has 2 atom stereocenters. The number of aromatic nitrogens is 3. The van der Waals surface area contributed by atoms with Crippen LogP contribution in [0.5, 0.6) is 0 Å². The summed E-state index contributed by atoms with van der Waals surface area (Å²) in [5.41, 5.74) is 5.92. The van der Waals surface area contributed by atoms with Crippen molar-refractivity contribution < 1.29 is 26.7 Å². The van der Waals surface area contributed by atoms with Crippen LogP contribution in [0.3, 0.4) is 0 Å². The molecule has 0 aromatic carbocycles. The first-order valence-electron chi connectivity index (χ1n) is 11.0. The Bertz CT molecular complexity index is 1150. The first-order valence-corrected chi connectivity index (χ1v) is 11.0. The molecule has 36 heavy (non-hydrogen) atoms. The fourth-order valence-electron chi connectivity index (χ4n) is 4.02. The highest BCUT2D eigenvalue weighted by molar-refractivity contribution is 6.18. The van der Waals surface area contributed by atoms with E-state index in [4.69, 9.17) is 5.73 Å². The van der Waals surface area contributed by atoms with Gasteiger partial charge >= 0.3 is 6.18 Å². The SMILES string of the molecule is CN=CC(=C(N)C(=O)N1CC(F)(F)CC(C)C1CNc1cnc(C(F)(F)F)cn1)c1cccc(C)n1. The van der Waals surface area contributed by atoms with Crippen LogP contribution in [0.15, 0.2) is 41.3 Å². The molecule has 0 bridgehead atoms. The number of nitrogens with zero attached hydrogens (tertiary/aromatic N) is 5. The lowest BCUT2D eigenvalue weighted by atomic mass is 9.88. The number of aryl methyl sites for hydroxylation is 1. The van der Waals surface area contributed by atoms with Gasteiger partial charge in [-0.3, -0.25) is 14.8 Å². The quantitative estimate of drug-likeness (QED) is 0.349. The predicted octanol–water partition coefficient (Wildman–Crippen LogP) is 3.55. The molecule has 0 radical (unpaired) electrons. The van der Waals surface area contributed by atoms with Crippen molar-refractivity contribution in [3.05, 3.63) is 53.4 Å². The molecule has 194 valence electrons. The van der Waals surface area contributed by atoms with E-state index in [0.717, 1.165) is 11.1 Å². The molecule has 1 aliphatic heterocycles. The molecule has 2 aromatic heterocycles. The lowest BCUT2D eigenvalue weighted by molar-refractivity contribution is -0.148. The van der Waals surface area contributed by atoms with Crippen LogP contribution in [-0.2, 0) is 11.0 Å². The summed E-state index contributed by atoms with van der Waals surface area (Å²) in [7, 11) is 1.47. The molecule has 1 fully saturated rings. The zero-order valence-corrected chi connectivity index (χ0v) is 19.9. The lowest BCUT2D eigenvalue weighted by Gasteiger charge is -2.43. The summed E-state index contributed by atoms with van der Waals surface area (Å²) >= 11 is 0. The Morgan fingerprint density at radius 3 is 2.61 bits per heavy atom. The van der Waals surface area contributed by atoms with Crippen LogP contribution in [0.25, 0.3) is 5.57 Å². The molecule has 1 saturated heterocycles. The number of hydrogen-bond donors (Lipinski definition) is 2. The van der Waals surface area contributed by atoms with Crippen LogP contribution in [0.4, 0.5) is 27.8 Å². The minimum absolute atomic E-state index is 0.00575. The van der Waals surface area contributed by atoms with Crippen LogP contribution in [0.1, 0.15) is 30.4 Å². The van der Waals surface area contributed by atoms with E-state index in [0.29, 0.717) is 17.6 Å². The first-order chi connectivity index (χ1) is 16.8. The van der Waals surface area contributed by atoms with Gasteiger partial charge in [-0.2, -0.15) is 13.2 Å². The van der Waals surface area contributed by atoms with E-state index in [9.17, 15) is 26.7 Å². The van der Waals surface area contributed by atoms with Crippen molar-refractivity contribution in [3.8, 4) is 0 Å². The average molecular weight is 511 g/mol.